The van der Waals surface area contributed by atoms with Crippen LogP contribution in [0.25, 0.3) is 0 Å². The standard InChI is InChI=1S/C13H13N5OS/c1-7(8-3-2-4-17-6-8)18-13-10(12(16)19)11(15)9(5-14)20-13/h2-4,6-7,18H,15H2,1H3,(H2,16,19). The number of carbonyl (C=O) groups excluding carboxylic acids is 1. The van der Waals surface area contributed by atoms with Gasteiger partial charge >= 0.3 is 0 Å². The fraction of sp³-hybridized carbons (Fsp3) is 0.154. The first-order valence-electron chi connectivity index (χ1n) is 5.83. The first-order chi connectivity index (χ1) is 9.54. The van der Waals surface area contributed by atoms with E-state index in [9.17, 15) is 4.79 Å². The molecule has 1 unspecified atom stereocenters. The molecule has 1 amide bonds. The van der Waals surface area contributed by atoms with Crippen LogP contribution in [0.3, 0.4) is 0 Å². The molecule has 0 saturated carbocycles. The average molecular weight is 287 g/mol. The molecule has 0 aromatic carbocycles. The third kappa shape index (κ3) is 2.55. The van der Waals surface area contributed by atoms with Gasteiger partial charge in [0.1, 0.15) is 15.9 Å². The number of pyridine rings is 1. The zero-order valence-corrected chi connectivity index (χ0v) is 11.6. The molecule has 2 heterocycles. The quantitative estimate of drug-likeness (QED) is 0.793. The van der Waals surface area contributed by atoms with Gasteiger partial charge < -0.3 is 16.8 Å². The number of rotatable bonds is 4. The maximum atomic E-state index is 11.5. The van der Waals surface area contributed by atoms with Crippen molar-refractivity contribution in [2.75, 3.05) is 11.1 Å². The lowest BCUT2D eigenvalue weighted by molar-refractivity contribution is 0.100. The zero-order valence-electron chi connectivity index (χ0n) is 10.8. The lowest BCUT2D eigenvalue weighted by atomic mass is 10.1. The molecule has 0 fully saturated rings. The number of nitriles is 1. The van der Waals surface area contributed by atoms with Gasteiger partial charge in [0.05, 0.1) is 17.3 Å². The van der Waals surface area contributed by atoms with E-state index in [1.54, 1.807) is 12.4 Å². The van der Waals surface area contributed by atoms with Crippen LogP contribution in [0, 0.1) is 11.3 Å². The fourth-order valence-electron chi connectivity index (χ4n) is 1.79. The molecule has 2 aromatic heterocycles. The van der Waals surface area contributed by atoms with Crippen LogP contribution in [-0.4, -0.2) is 10.9 Å². The van der Waals surface area contributed by atoms with Crippen molar-refractivity contribution in [1.82, 2.24) is 4.98 Å². The van der Waals surface area contributed by atoms with Crippen molar-refractivity contribution in [3.8, 4) is 6.07 Å². The highest BCUT2D eigenvalue weighted by atomic mass is 32.1. The number of nitrogen functional groups attached to an aromatic ring is 1. The summed E-state index contributed by atoms with van der Waals surface area (Å²) in [5.41, 5.74) is 12.3. The summed E-state index contributed by atoms with van der Waals surface area (Å²) in [7, 11) is 0. The van der Waals surface area contributed by atoms with Crippen molar-refractivity contribution >= 4 is 27.9 Å². The Kier molecular flexibility index (Phi) is 3.86. The van der Waals surface area contributed by atoms with Crippen molar-refractivity contribution in [3.63, 3.8) is 0 Å². The van der Waals surface area contributed by atoms with Crippen LogP contribution < -0.4 is 16.8 Å². The van der Waals surface area contributed by atoms with Crippen molar-refractivity contribution in [2.24, 2.45) is 5.73 Å². The van der Waals surface area contributed by atoms with Gasteiger partial charge in [0.2, 0.25) is 0 Å². The fourth-order valence-corrected chi connectivity index (χ4v) is 2.80. The summed E-state index contributed by atoms with van der Waals surface area (Å²) in [5.74, 6) is -0.652. The molecule has 0 radical (unpaired) electrons. The van der Waals surface area contributed by atoms with Gasteiger partial charge in [-0.1, -0.05) is 6.07 Å². The van der Waals surface area contributed by atoms with Crippen LogP contribution in [0.4, 0.5) is 10.7 Å². The Hall–Kier alpha value is -2.59. The normalized spacial score (nSPS) is 11.6. The summed E-state index contributed by atoms with van der Waals surface area (Å²) in [6.07, 6.45) is 3.41. The van der Waals surface area contributed by atoms with E-state index in [4.69, 9.17) is 16.7 Å². The van der Waals surface area contributed by atoms with E-state index in [0.29, 0.717) is 5.00 Å². The minimum absolute atomic E-state index is 0.0913. The molecule has 7 heteroatoms. The first kappa shape index (κ1) is 13.8. The molecule has 6 nitrogen and oxygen atoms in total. The molecule has 5 N–H and O–H groups in total. The van der Waals surface area contributed by atoms with Gasteiger partial charge in [-0.15, -0.1) is 11.3 Å². The summed E-state index contributed by atoms with van der Waals surface area (Å²) < 4.78 is 0. The van der Waals surface area contributed by atoms with Crippen molar-refractivity contribution in [3.05, 3.63) is 40.5 Å². The van der Waals surface area contributed by atoms with Gasteiger partial charge in [-0.2, -0.15) is 5.26 Å². The van der Waals surface area contributed by atoms with Crippen molar-refractivity contribution < 1.29 is 4.79 Å². The highest BCUT2D eigenvalue weighted by Crippen LogP contribution is 2.36. The Morgan fingerprint density at radius 2 is 2.35 bits per heavy atom. The Morgan fingerprint density at radius 1 is 1.60 bits per heavy atom. The van der Waals surface area contributed by atoms with E-state index in [0.717, 1.165) is 16.9 Å². The molecule has 1 atom stereocenters. The average Bonchev–Trinajstić information content (AvgIpc) is 2.75. The van der Waals surface area contributed by atoms with Crippen LogP contribution in [0.2, 0.25) is 0 Å². The molecule has 2 rings (SSSR count). The molecule has 102 valence electrons. The van der Waals surface area contributed by atoms with Crippen LogP contribution in [-0.2, 0) is 0 Å². The third-order valence-electron chi connectivity index (χ3n) is 2.83. The summed E-state index contributed by atoms with van der Waals surface area (Å²) in [4.78, 5) is 15.8. The maximum Gasteiger partial charge on any atom is 0.253 e. The number of hydrogen-bond donors (Lipinski definition) is 3. The van der Waals surface area contributed by atoms with Gasteiger partial charge in [0, 0.05) is 12.4 Å². The summed E-state index contributed by atoms with van der Waals surface area (Å²) in [6.45, 7) is 1.92. The molecule has 0 aliphatic heterocycles. The van der Waals surface area contributed by atoms with Gasteiger partial charge in [-0.25, -0.2) is 0 Å². The number of nitrogens with two attached hydrogens (primary N) is 2. The first-order valence-corrected chi connectivity index (χ1v) is 6.64. The van der Waals surface area contributed by atoms with Crippen LogP contribution in [0.5, 0.6) is 0 Å². The molecule has 0 saturated heterocycles. The second kappa shape index (κ2) is 5.59. The number of nitrogens with zero attached hydrogens (tertiary/aromatic N) is 2. The Morgan fingerprint density at radius 3 is 2.90 bits per heavy atom. The van der Waals surface area contributed by atoms with Gasteiger partial charge in [0.15, 0.2) is 0 Å². The Labute approximate surface area is 120 Å². The number of aromatic nitrogens is 1. The summed E-state index contributed by atoms with van der Waals surface area (Å²) in [6, 6.07) is 5.60. The topological polar surface area (TPSA) is 118 Å². The lowest BCUT2D eigenvalue weighted by Crippen LogP contribution is -2.16. The van der Waals surface area contributed by atoms with Crippen LogP contribution in [0.15, 0.2) is 24.5 Å². The number of primary amides is 1. The Balaban J connectivity index is 2.35. The Bertz CT molecular complexity index is 674. The highest BCUT2D eigenvalue weighted by molar-refractivity contribution is 7.17. The number of hydrogen-bond acceptors (Lipinski definition) is 6. The minimum atomic E-state index is -0.652. The SMILES string of the molecule is CC(Nc1sc(C#N)c(N)c1C(N)=O)c1cccnc1. The number of carbonyl (C=O) groups is 1. The van der Waals surface area contributed by atoms with Crippen molar-refractivity contribution in [1.29, 1.82) is 5.26 Å². The molecule has 0 spiro atoms. The molecule has 20 heavy (non-hydrogen) atoms. The minimum Gasteiger partial charge on any atom is -0.396 e. The molecule has 0 aliphatic carbocycles. The second-order valence-corrected chi connectivity index (χ2v) is 5.20. The van der Waals surface area contributed by atoms with E-state index in [-0.39, 0.29) is 22.2 Å². The number of thiophene rings is 1. The zero-order chi connectivity index (χ0) is 14.7. The molecule has 2 aromatic rings. The maximum absolute atomic E-state index is 11.5. The van der Waals surface area contributed by atoms with Crippen LogP contribution in [0.1, 0.15) is 33.8 Å². The van der Waals surface area contributed by atoms with E-state index in [1.165, 1.54) is 0 Å². The number of nitrogens with one attached hydrogen (secondary N) is 1. The highest BCUT2D eigenvalue weighted by Gasteiger charge is 2.21. The predicted octanol–water partition coefficient (Wildman–Crippen LogP) is 1.87. The second-order valence-electron chi connectivity index (χ2n) is 4.18. The van der Waals surface area contributed by atoms with Crippen molar-refractivity contribution in [2.45, 2.75) is 13.0 Å². The molecule has 0 aliphatic rings. The monoisotopic (exact) mass is 287 g/mol. The molecule has 0 bridgehead atoms. The third-order valence-corrected chi connectivity index (χ3v) is 3.87. The largest absolute Gasteiger partial charge is 0.396 e. The predicted molar refractivity (Wildman–Crippen MR) is 78.2 cm³/mol. The molecular formula is C13H13N5OS. The van der Waals surface area contributed by atoms with Gasteiger partial charge in [0.25, 0.3) is 5.91 Å². The number of anilines is 2. The number of amides is 1. The van der Waals surface area contributed by atoms with Crippen LogP contribution >= 0.6 is 11.3 Å². The van der Waals surface area contributed by atoms with E-state index < -0.39 is 5.91 Å². The summed E-state index contributed by atoms with van der Waals surface area (Å²) >= 11 is 1.12. The molecular weight excluding hydrogens is 274 g/mol. The van der Waals surface area contributed by atoms with E-state index in [1.807, 2.05) is 25.1 Å². The summed E-state index contributed by atoms with van der Waals surface area (Å²) in [5, 5.41) is 12.6. The smallest absolute Gasteiger partial charge is 0.253 e. The van der Waals surface area contributed by atoms with E-state index in [2.05, 4.69) is 10.3 Å². The van der Waals surface area contributed by atoms with Gasteiger partial charge in [-0.05, 0) is 18.6 Å². The lowest BCUT2D eigenvalue weighted by Gasteiger charge is -2.14. The van der Waals surface area contributed by atoms with E-state index >= 15 is 0 Å². The van der Waals surface area contributed by atoms with Gasteiger partial charge in [-0.3, -0.25) is 9.78 Å².